The van der Waals surface area contributed by atoms with Crippen LogP contribution in [-0.2, 0) is 9.53 Å². The molecule has 0 fully saturated rings. The SMILES string of the molecule is CCOC(=O)C(CC)Sc1nc(=O)ccn1C(C)C. The predicted molar refractivity (Wildman–Crippen MR) is 75.5 cm³/mol. The van der Waals surface area contributed by atoms with Crippen molar-refractivity contribution in [2.45, 2.75) is 50.6 Å². The monoisotopic (exact) mass is 284 g/mol. The molecule has 0 spiro atoms. The average Bonchev–Trinajstić information content (AvgIpc) is 2.35. The standard InChI is InChI=1S/C13H20N2O3S/c1-5-10(12(17)18-6-2)19-13-14-11(16)7-8-15(13)9(3)4/h7-10H,5-6H2,1-4H3. The Hall–Kier alpha value is -1.30. The molecule has 1 heterocycles. The summed E-state index contributed by atoms with van der Waals surface area (Å²) >= 11 is 1.28. The highest BCUT2D eigenvalue weighted by molar-refractivity contribution is 8.00. The van der Waals surface area contributed by atoms with Crippen molar-refractivity contribution in [1.82, 2.24) is 9.55 Å². The van der Waals surface area contributed by atoms with Crippen LogP contribution in [0.2, 0.25) is 0 Å². The molecule has 6 heteroatoms. The average molecular weight is 284 g/mol. The summed E-state index contributed by atoms with van der Waals surface area (Å²) in [6.07, 6.45) is 2.34. The molecular weight excluding hydrogens is 264 g/mol. The largest absolute Gasteiger partial charge is 0.465 e. The summed E-state index contributed by atoms with van der Waals surface area (Å²) < 4.78 is 6.91. The zero-order valence-electron chi connectivity index (χ0n) is 11.8. The number of thioether (sulfide) groups is 1. The van der Waals surface area contributed by atoms with Crippen LogP contribution in [0.25, 0.3) is 0 Å². The molecule has 0 saturated heterocycles. The van der Waals surface area contributed by atoms with Crippen molar-refractivity contribution < 1.29 is 9.53 Å². The molecule has 0 aromatic carbocycles. The lowest BCUT2D eigenvalue weighted by Gasteiger charge is -2.18. The van der Waals surface area contributed by atoms with Crippen LogP contribution in [0.3, 0.4) is 0 Å². The van der Waals surface area contributed by atoms with Crippen LogP contribution in [0.15, 0.2) is 22.2 Å². The molecule has 106 valence electrons. The van der Waals surface area contributed by atoms with Gasteiger partial charge in [-0.3, -0.25) is 9.59 Å². The number of rotatable bonds is 6. The van der Waals surface area contributed by atoms with Crippen LogP contribution in [0.1, 0.15) is 40.2 Å². The highest BCUT2D eigenvalue weighted by Crippen LogP contribution is 2.25. The van der Waals surface area contributed by atoms with Gasteiger partial charge >= 0.3 is 5.97 Å². The second-order valence-electron chi connectivity index (χ2n) is 4.32. The van der Waals surface area contributed by atoms with Crippen LogP contribution >= 0.6 is 11.8 Å². The normalized spacial score (nSPS) is 12.5. The molecule has 1 atom stereocenters. The first-order chi connectivity index (χ1) is 8.99. The molecule has 19 heavy (non-hydrogen) atoms. The molecule has 0 saturated carbocycles. The quantitative estimate of drug-likeness (QED) is 0.455. The highest BCUT2D eigenvalue weighted by atomic mass is 32.2. The van der Waals surface area contributed by atoms with Crippen molar-refractivity contribution in [2.75, 3.05) is 6.61 Å². The topological polar surface area (TPSA) is 61.2 Å². The lowest BCUT2D eigenvalue weighted by Crippen LogP contribution is -2.22. The smallest absolute Gasteiger partial charge is 0.319 e. The van der Waals surface area contributed by atoms with E-state index in [2.05, 4.69) is 4.98 Å². The minimum atomic E-state index is -0.334. The Balaban J connectivity index is 2.99. The van der Waals surface area contributed by atoms with Crippen LogP contribution in [-0.4, -0.2) is 27.4 Å². The van der Waals surface area contributed by atoms with E-state index in [9.17, 15) is 9.59 Å². The van der Waals surface area contributed by atoms with E-state index in [1.54, 1.807) is 13.1 Å². The fraction of sp³-hybridized carbons (Fsp3) is 0.615. The lowest BCUT2D eigenvalue weighted by atomic mass is 10.3. The van der Waals surface area contributed by atoms with Crippen molar-refractivity contribution in [3.63, 3.8) is 0 Å². The first-order valence-corrected chi connectivity index (χ1v) is 7.30. The second kappa shape index (κ2) is 7.33. The van der Waals surface area contributed by atoms with Gasteiger partial charge in [-0.05, 0) is 27.2 Å². The fourth-order valence-electron chi connectivity index (χ4n) is 1.54. The third kappa shape index (κ3) is 4.38. The number of hydrogen-bond acceptors (Lipinski definition) is 5. The minimum absolute atomic E-state index is 0.176. The summed E-state index contributed by atoms with van der Waals surface area (Å²) in [5.74, 6) is -0.261. The summed E-state index contributed by atoms with van der Waals surface area (Å²) in [5.41, 5.74) is -0.293. The molecule has 1 rings (SSSR count). The van der Waals surface area contributed by atoms with Crippen molar-refractivity contribution in [3.8, 4) is 0 Å². The third-order valence-corrected chi connectivity index (χ3v) is 3.85. The summed E-state index contributed by atoms with van der Waals surface area (Å²) in [5, 5.41) is 0.224. The molecule has 5 nitrogen and oxygen atoms in total. The Labute approximate surface area is 117 Å². The molecule has 1 aromatic heterocycles. The highest BCUT2D eigenvalue weighted by Gasteiger charge is 2.21. The molecule has 1 unspecified atom stereocenters. The van der Waals surface area contributed by atoms with Gasteiger partial charge in [0.25, 0.3) is 5.56 Å². The summed E-state index contributed by atoms with van der Waals surface area (Å²) in [7, 11) is 0. The molecule has 0 radical (unpaired) electrons. The number of ether oxygens (including phenoxy) is 1. The van der Waals surface area contributed by atoms with Crippen LogP contribution < -0.4 is 5.56 Å². The maximum Gasteiger partial charge on any atom is 0.319 e. The van der Waals surface area contributed by atoms with E-state index in [1.807, 2.05) is 25.3 Å². The minimum Gasteiger partial charge on any atom is -0.465 e. The lowest BCUT2D eigenvalue weighted by molar-refractivity contribution is -0.142. The van der Waals surface area contributed by atoms with Gasteiger partial charge in [-0.2, -0.15) is 4.98 Å². The molecule has 0 N–H and O–H groups in total. The van der Waals surface area contributed by atoms with Gasteiger partial charge in [0.15, 0.2) is 5.16 Å². The second-order valence-corrected chi connectivity index (χ2v) is 5.49. The molecular formula is C13H20N2O3S. The Morgan fingerprint density at radius 1 is 1.47 bits per heavy atom. The number of aromatic nitrogens is 2. The fourth-order valence-corrected chi connectivity index (χ4v) is 2.66. The zero-order chi connectivity index (χ0) is 14.4. The van der Waals surface area contributed by atoms with Crippen molar-refractivity contribution in [2.24, 2.45) is 0 Å². The van der Waals surface area contributed by atoms with E-state index in [1.165, 1.54) is 17.8 Å². The maximum absolute atomic E-state index is 11.8. The summed E-state index contributed by atoms with van der Waals surface area (Å²) in [4.78, 5) is 27.2. The number of nitrogens with zero attached hydrogens (tertiary/aromatic N) is 2. The van der Waals surface area contributed by atoms with Crippen molar-refractivity contribution >= 4 is 17.7 Å². The van der Waals surface area contributed by atoms with Crippen molar-refractivity contribution in [3.05, 3.63) is 22.6 Å². The van der Waals surface area contributed by atoms with Gasteiger partial charge in [0, 0.05) is 18.3 Å². The van der Waals surface area contributed by atoms with Gasteiger partial charge in [-0.1, -0.05) is 18.7 Å². The first kappa shape index (κ1) is 15.8. The van der Waals surface area contributed by atoms with E-state index < -0.39 is 0 Å². The Morgan fingerprint density at radius 2 is 2.16 bits per heavy atom. The number of carbonyl (C=O) groups excluding carboxylic acids is 1. The van der Waals surface area contributed by atoms with Crippen molar-refractivity contribution in [1.29, 1.82) is 0 Å². The van der Waals surface area contributed by atoms with Gasteiger partial charge in [-0.15, -0.1) is 0 Å². The molecule has 0 aliphatic heterocycles. The zero-order valence-corrected chi connectivity index (χ0v) is 12.6. The molecule has 0 aliphatic carbocycles. The van der Waals surface area contributed by atoms with Crippen LogP contribution in [0.5, 0.6) is 0 Å². The van der Waals surface area contributed by atoms with Gasteiger partial charge < -0.3 is 9.30 Å². The molecule has 0 bridgehead atoms. The van der Waals surface area contributed by atoms with E-state index in [0.29, 0.717) is 18.2 Å². The Kier molecular flexibility index (Phi) is 6.08. The number of esters is 1. The van der Waals surface area contributed by atoms with Crippen LogP contribution in [0, 0.1) is 0 Å². The molecule has 0 aliphatic rings. The first-order valence-electron chi connectivity index (χ1n) is 6.42. The summed E-state index contributed by atoms with van der Waals surface area (Å²) in [6, 6.07) is 1.60. The molecule has 1 aromatic rings. The van der Waals surface area contributed by atoms with E-state index in [-0.39, 0.29) is 22.8 Å². The maximum atomic E-state index is 11.8. The number of hydrogen-bond donors (Lipinski definition) is 0. The molecule has 0 amide bonds. The van der Waals surface area contributed by atoms with Gasteiger partial charge in [0.05, 0.1) is 6.61 Å². The van der Waals surface area contributed by atoms with E-state index in [4.69, 9.17) is 4.74 Å². The Morgan fingerprint density at radius 3 is 2.68 bits per heavy atom. The van der Waals surface area contributed by atoms with Gasteiger partial charge in [0.2, 0.25) is 0 Å². The third-order valence-electron chi connectivity index (χ3n) is 2.53. The Bertz CT molecular complexity index is 485. The number of carbonyl (C=O) groups is 1. The van der Waals surface area contributed by atoms with E-state index in [0.717, 1.165) is 0 Å². The van der Waals surface area contributed by atoms with Crippen LogP contribution in [0.4, 0.5) is 0 Å². The summed E-state index contributed by atoms with van der Waals surface area (Å²) in [6.45, 7) is 8.05. The van der Waals surface area contributed by atoms with Gasteiger partial charge in [0.1, 0.15) is 5.25 Å². The van der Waals surface area contributed by atoms with E-state index >= 15 is 0 Å². The van der Waals surface area contributed by atoms with Gasteiger partial charge in [-0.25, -0.2) is 0 Å². The predicted octanol–water partition coefficient (Wildman–Crippen LogP) is 2.26.